The van der Waals surface area contributed by atoms with Gasteiger partial charge in [0.2, 0.25) is 0 Å². The molecule has 0 saturated carbocycles. The lowest BCUT2D eigenvalue weighted by Crippen LogP contribution is -2.41. The van der Waals surface area contributed by atoms with Crippen molar-refractivity contribution in [2.75, 3.05) is 18.0 Å². The molecule has 0 aromatic heterocycles. The number of nitrogens with zero attached hydrogens (tertiary/aromatic N) is 3. The number of amidine groups is 1. The number of rotatable bonds is 3. The highest BCUT2D eigenvalue weighted by atomic mass is 79.9. The highest BCUT2D eigenvalue weighted by Crippen LogP contribution is 2.36. The van der Waals surface area contributed by atoms with Crippen molar-refractivity contribution in [2.45, 2.75) is 31.4 Å². The maximum atomic E-state index is 11.7. The fourth-order valence-corrected chi connectivity index (χ4v) is 4.29. The third-order valence-corrected chi connectivity index (χ3v) is 5.94. The van der Waals surface area contributed by atoms with Gasteiger partial charge in [0.15, 0.2) is 6.54 Å². The molecule has 2 heterocycles. The predicted molar refractivity (Wildman–Crippen MR) is 107 cm³/mol. The fourth-order valence-electron chi connectivity index (χ4n) is 4.03. The molecule has 140 valence electrons. The minimum absolute atomic E-state index is 0.0326. The van der Waals surface area contributed by atoms with Crippen LogP contribution in [0.15, 0.2) is 53.0 Å². The van der Waals surface area contributed by atoms with Gasteiger partial charge in [-0.15, -0.1) is 0 Å². The lowest BCUT2D eigenvalue weighted by molar-refractivity contribution is -0.658. The molecule has 0 amide bonds. The van der Waals surface area contributed by atoms with E-state index < -0.39 is 10.6 Å². The van der Waals surface area contributed by atoms with Gasteiger partial charge in [-0.3, -0.25) is 10.1 Å². The summed E-state index contributed by atoms with van der Waals surface area (Å²) in [6.45, 7) is 1.18. The molecule has 7 heteroatoms. The van der Waals surface area contributed by atoms with Gasteiger partial charge < -0.3 is 5.11 Å². The highest BCUT2D eigenvalue weighted by molar-refractivity contribution is 9.10. The van der Waals surface area contributed by atoms with Gasteiger partial charge in [-0.25, -0.2) is 9.48 Å². The first-order valence-electron chi connectivity index (χ1n) is 9.13. The summed E-state index contributed by atoms with van der Waals surface area (Å²) < 4.78 is 3.10. The minimum atomic E-state index is -1.19. The molecule has 2 aromatic rings. The van der Waals surface area contributed by atoms with Crippen molar-refractivity contribution in [1.29, 1.82) is 0 Å². The number of hydrogen-bond acceptors (Lipinski definition) is 4. The zero-order valence-electron chi connectivity index (χ0n) is 14.8. The molecule has 1 unspecified atom stereocenters. The Balaban J connectivity index is 1.77. The summed E-state index contributed by atoms with van der Waals surface area (Å²) in [5.74, 6) is 1.12. The first kappa shape index (κ1) is 18.1. The summed E-state index contributed by atoms with van der Waals surface area (Å²) in [6, 6.07) is 14.4. The van der Waals surface area contributed by atoms with Crippen LogP contribution in [0.4, 0.5) is 11.4 Å². The first-order chi connectivity index (χ1) is 13.0. The Bertz CT molecular complexity index is 896. The lowest BCUT2D eigenvalue weighted by atomic mass is 10.0. The molecule has 0 fully saturated rings. The van der Waals surface area contributed by atoms with E-state index >= 15 is 0 Å². The molecule has 0 radical (unpaired) electrons. The second-order valence-electron chi connectivity index (χ2n) is 7.06. The third-order valence-electron chi connectivity index (χ3n) is 5.41. The van der Waals surface area contributed by atoms with Crippen molar-refractivity contribution in [3.8, 4) is 0 Å². The molecule has 1 atom stereocenters. The topological polar surface area (TPSA) is 69.6 Å². The van der Waals surface area contributed by atoms with E-state index in [1.807, 2.05) is 24.3 Å². The smallest absolute Gasteiger partial charge is 0.271 e. The van der Waals surface area contributed by atoms with Crippen LogP contribution >= 0.6 is 15.9 Å². The predicted octanol–water partition coefficient (Wildman–Crippen LogP) is 4.01. The number of nitro benzene ring substituents is 1. The van der Waals surface area contributed by atoms with Gasteiger partial charge in [-0.2, -0.15) is 0 Å². The van der Waals surface area contributed by atoms with Crippen LogP contribution in [0.3, 0.4) is 0 Å². The Morgan fingerprint density at radius 2 is 1.78 bits per heavy atom. The Morgan fingerprint density at radius 3 is 2.44 bits per heavy atom. The molecule has 1 N–H and O–H groups in total. The molecule has 0 saturated heterocycles. The number of anilines is 1. The number of halogens is 1. The number of benzene rings is 2. The van der Waals surface area contributed by atoms with Gasteiger partial charge >= 0.3 is 0 Å². The average Bonchev–Trinajstić information content (AvgIpc) is 2.83. The van der Waals surface area contributed by atoms with Gasteiger partial charge in [0.25, 0.3) is 17.2 Å². The SMILES string of the molecule is O=[N+]([O-])c1ccc(C2(O)CN(c3ccc(Br)cc3)C3=[N+]2CCCCC3)cc1. The van der Waals surface area contributed by atoms with Gasteiger partial charge in [0.1, 0.15) is 5.69 Å². The van der Waals surface area contributed by atoms with Crippen molar-refractivity contribution in [3.05, 3.63) is 68.7 Å². The molecule has 6 nitrogen and oxygen atoms in total. The van der Waals surface area contributed by atoms with E-state index in [9.17, 15) is 15.2 Å². The summed E-state index contributed by atoms with van der Waals surface area (Å²) in [4.78, 5) is 12.7. The summed E-state index contributed by atoms with van der Waals surface area (Å²) in [7, 11) is 0. The van der Waals surface area contributed by atoms with E-state index in [1.54, 1.807) is 12.1 Å². The van der Waals surface area contributed by atoms with E-state index in [4.69, 9.17) is 0 Å². The molecular formula is C20H21BrN3O3+. The normalized spacial score (nSPS) is 22.5. The van der Waals surface area contributed by atoms with Crippen molar-refractivity contribution < 1.29 is 14.6 Å². The van der Waals surface area contributed by atoms with Crippen LogP contribution in [0.5, 0.6) is 0 Å². The van der Waals surface area contributed by atoms with Crippen molar-refractivity contribution in [2.24, 2.45) is 0 Å². The zero-order valence-corrected chi connectivity index (χ0v) is 16.4. The van der Waals surface area contributed by atoms with Crippen LogP contribution in [0.2, 0.25) is 0 Å². The van der Waals surface area contributed by atoms with Crippen LogP contribution in [0.25, 0.3) is 0 Å². The van der Waals surface area contributed by atoms with Crippen molar-refractivity contribution in [1.82, 2.24) is 0 Å². The average molecular weight is 431 g/mol. The fraction of sp³-hybridized carbons (Fsp3) is 0.350. The van der Waals surface area contributed by atoms with Crippen molar-refractivity contribution >= 4 is 33.1 Å². The largest absolute Gasteiger partial charge is 0.346 e. The van der Waals surface area contributed by atoms with Crippen LogP contribution in [-0.4, -0.2) is 33.5 Å². The van der Waals surface area contributed by atoms with Crippen LogP contribution < -0.4 is 4.90 Å². The number of non-ortho nitro benzene ring substituents is 1. The summed E-state index contributed by atoms with van der Waals surface area (Å²) in [6.07, 6.45) is 4.15. The second-order valence-corrected chi connectivity index (χ2v) is 7.98. The van der Waals surface area contributed by atoms with Gasteiger partial charge in [-0.1, -0.05) is 15.9 Å². The third kappa shape index (κ3) is 3.26. The van der Waals surface area contributed by atoms with Gasteiger partial charge in [0, 0.05) is 28.6 Å². The Hall–Kier alpha value is -2.25. The van der Waals surface area contributed by atoms with E-state index in [-0.39, 0.29) is 5.69 Å². The minimum Gasteiger partial charge on any atom is -0.346 e. The molecule has 2 aliphatic rings. The monoisotopic (exact) mass is 430 g/mol. The van der Waals surface area contributed by atoms with E-state index in [0.29, 0.717) is 12.1 Å². The van der Waals surface area contributed by atoms with Gasteiger partial charge in [-0.05, 0) is 55.7 Å². The van der Waals surface area contributed by atoms with Crippen LogP contribution in [-0.2, 0) is 5.72 Å². The maximum absolute atomic E-state index is 11.7. The molecule has 2 aromatic carbocycles. The number of β-amino-alcohol motifs (C(OH)–C–C–N with tert-alkyl or cyclic N) is 1. The van der Waals surface area contributed by atoms with Crippen LogP contribution in [0.1, 0.15) is 31.2 Å². The molecular weight excluding hydrogens is 410 g/mol. The van der Waals surface area contributed by atoms with Gasteiger partial charge in [0.05, 0.1) is 11.5 Å². The summed E-state index contributed by atoms with van der Waals surface area (Å²) in [5, 5.41) is 22.7. The van der Waals surface area contributed by atoms with E-state index in [0.717, 1.165) is 48.2 Å². The Morgan fingerprint density at radius 1 is 1.07 bits per heavy atom. The molecule has 4 rings (SSSR count). The number of aliphatic hydroxyl groups is 1. The number of hydrogen-bond donors (Lipinski definition) is 1. The van der Waals surface area contributed by atoms with E-state index in [2.05, 4.69) is 25.4 Å². The standard InChI is InChI=1S/C20H21BrN3O3/c21-16-7-11-17(12-8-16)22-14-20(25,23-13-3-1-2-4-19(22)23)15-5-9-18(10-6-15)24(26)27/h5-12,25H,1-4,13-14H2/q+1. The lowest BCUT2D eigenvalue weighted by Gasteiger charge is -2.23. The zero-order chi connectivity index (χ0) is 19.0. The molecule has 27 heavy (non-hydrogen) atoms. The molecule has 0 spiro atoms. The van der Waals surface area contributed by atoms with Crippen LogP contribution in [0, 0.1) is 10.1 Å². The number of nitro groups is 1. The highest BCUT2D eigenvalue weighted by Gasteiger charge is 2.52. The van der Waals surface area contributed by atoms with Crippen molar-refractivity contribution in [3.63, 3.8) is 0 Å². The molecule has 0 bridgehead atoms. The second kappa shape index (κ2) is 7.05. The quantitative estimate of drug-likeness (QED) is 0.453. The first-order valence-corrected chi connectivity index (χ1v) is 9.92. The molecule has 0 aliphatic carbocycles. The summed E-state index contributed by atoms with van der Waals surface area (Å²) >= 11 is 3.47. The van der Waals surface area contributed by atoms with E-state index in [1.165, 1.54) is 12.1 Å². The maximum Gasteiger partial charge on any atom is 0.271 e. The Labute approximate surface area is 166 Å². The Kier molecular flexibility index (Phi) is 4.74. The summed E-state index contributed by atoms with van der Waals surface area (Å²) in [5.41, 5.74) is 0.567. The molecule has 2 aliphatic heterocycles.